The quantitative estimate of drug-likeness (QED) is 0.769. The van der Waals surface area contributed by atoms with Crippen molar-refractivity contribution in [1.82, 2.24) is 0 Å². The summed E-state index contributed by atoms with van der Waals surface area (Å²) in [5, 5.41) is 21.4. The first-order valence-electron chi connectivity index (χ1n) is 5.99. The molecule has 1 aromatic carbocycles. The van der Waals surface area contributed by atoms with E-state index in [0.717, 1.165) is 25.7 Å². The van der Waals surface area contributed by atoms with Gasteiger partial charge in [-0.25, -0.2) is 9.18 Å². The van der Waals surface area contributed by atoms with Gasteiger partial charge >= 0.3 is 5.97 Å². The number of carboxylic acid groups (broad SMARTS) is 1. The molecule has 1 aliphatic rings. The van der Waals surface area contributed by atoms with Crippen LogP contribution in [0.1, 0.15) is 36.0 Å². The van der Waals surface area contributed by atoms with Crippen LogP contribution in [-0.2, 0) is 0 Å². The molecule has 18 heavy (non-hydrogen) atoms. The van der Waals surface area contributed by atoms with Gasteiger partial charge in [-0.1, -0.05) is 18.9 Å². The van der Waals surface area contributed by atoms with Crippen molar-refractivity contribution in [3.8, 4) is 0 Å². The van der Waals surface area contributed by atoms with E-state index in [4.69, 9.17) is 5.11 Å². The highest BCUT2D eigenvalue weighted by Crippen LogP contribution is 2.34. The number of aromatic carboxylic acids is 1. The largest absolute Gasteiger partial charge is 0.478 e. The molecule has 0 bridgehead atoms. The maximum Gasteiger partial charge on any atom is 0.337 e. The number of rotatable bonds is 4. The van der Waals surface area contributed by atoms with E-state index in [1.165, 1.54) is 18.2 Å². The normalized spacial score (nSPS) is 17.7. The number of anilines is 1. The second-order valence-electron chi connectivity index (χ2n) is 4.74. The predicted molar refractivity (Wildman–Crippen MR) is 65.3 cm³/mol. The molecule has 98 valence electrons. The molecule has 0 aliphatic heterocycles. The number of hydrogen-bond acceptors (Lipinski definition) is 3. The van der Waals surface area contributed by atoms with Crippen LogP contribution in [-0.4, -0.2) is 28.3 Å². The smallest absolute Gasteiger partial charge is 0.337 e. The second kappa shape index (κ2) is 4.94. The zero-order valence-electron chi connectivity index (χ0n) is 9.95. The van der Waals surface area contributed by atoms with E-state index in [-0.39, 0.29) is 17.9 Å². The third-order valence-electron chi connectivity index (χ3n) is 3.50. The maximum absolute atomic E-state index is 13.8. The monoisotopic (exact) mass is 253 g/mol. The fourth-order valence-electron chi connectivity index (χ4n) is 2.47. The van der Waals surface area contributed by atoms with Gasteiger partial charge in [0.1, 0.15) is 5.82 Å². The lowest BCUT2D eigenvalue weighted by Crippen LogP contribution is -2.39. The van der Waals surface area contributed by atoms with Gasteiger partial charge in [0, 0.05) is 0 Å². The summed E-state index contributed by atoms with van der Waals surface area (Å²) in [6.45, 7) is -0.125. The Morgan fingerprint density at radius 2 is 2.06 bits per heavy atom. The summed E-state index contributed by atoms with van der Waals surface area (Å²) in [5.74, 6) is -1.78. The topological polar surface area (TPSA) is 69.6 Å². The average Bonchev–Trinajstić information content (AvgIpc) is 2.81. The van der Waals surface area contributed by atoms with Crippen LogP contribution in [0.15, 0.2) is 18.2 Å². The van der Waals surface area contributed by atoms with Crippen molar-refractivity contribution in [2.24, 2.45) is 0 Å². The van der Waals surface area contributed by atoms with E-state index in [9.17, 15) is 14.3 Å². The van der Waals surface area contributed by atoms with Gasteiger partial charge in [0.05, 0.1) is 23.4 Å². The summed E-state index contributed by atoms with van der Waals surface area (Å²) in [5.41, 5.74) is -0.720. The number of carboxylic acids is 1. The molecule has 0 saturated heterocycles. The summed E-state index contributed by atoms with van der Waals surface area (Å²) < 4.78 is 13.8. The van der Waals surface area contributed by atoms with Gasteiger partial charge in [-0.15, -0.1) is 0 Å². The zero-order valence-corrected chi connectivity index (χ0v) is 9.95. The Balaban J connectivity index is 2.35. The summed E-state index contributed by atoms with van der Waals surface area (Å²) >= 11 is 0. The third-order valence-corrected chi connectivity index (χ3v) is 3.50. The molecule has 1 aliphatic carbocycles. The number of aliphatic hydroxyl groups is 1. The molecule has 0 amide bonds. The molecule has 1 aromatic rings. The fourth-order valence-corrected chi connectivity index (χ4v) is 2.47. The van der Waals surface area contributed by atoms with Crippen molar-refractivity contribution < 1.29 is 19.4 Å². The van der Waals surface area contributed by atoms with E-state index in [1.54, 1.807) is 0 Å². The third kappa shape index (κ3) is 2.31. The molecule has 0 spiro atoms. The molecular weight excluding hydrogens is 237 g/mol. The van der Waals surface area contributed by atoms with Crippen molar-refractivity contribution in [3.05, 3.63) is 29.6 Å². The van der Waals surface area contributed by atoms with E-state index in [1.807, 2.05) is 0 Å². The van der Waals surface area contributed by atoms with Crippen molar-refractivity contribution in [2.45, 2.75) is 31.2 Å². The molecule has 0 radical (unpaired) electrons. The molecule has 0 atom stereocenters. The highest BCUT2D eigenvalue weighted by molar-refractivity contribution is 5.94. The van der Waals surface area contributed by atoms with Crippen molar-refractivity contribution in [1.29, 1.82) is 0 Å². The Morgan fingerprint density at radius 1 is 1.39 bits per heavy atom. The molecule has 4 nitrogen and oxygen atoms in total. The number of para-hydroxylation sites is 1. The van der Waals surface area contributed by atoms with Crippen molar-refractivity contribution in [2.75, 3.05) is 11.9 Å². The molecule has 2 rings (SSSR count). The fraction of sp³-hybridized carbons (Fsp3) is 0.462. The highest BCUT2D eigenvalue weighted by Gasteiger charge is 2.34. The summed E-state index contributed by atoms with van der Waals surface area (Å²) in [6.07, 6.45) is 3.34. The van der Waals surface area contributed by atoms with Gasteiger partial charge in [-0.05, 0) is 25.0 Å². The van der Waals surface area contributed by atoms with Gasteiger partial charge in [-0.2, -0.15) is 0 Å². The van der Waals surface area contributed by atoms with Crippen LogP contribution >= 0.6 is 0 Å². The molecule has 1 fully saturated rings. The standard InChI is InChI=1S/C13H16FNO3/c14-10-5-3-4-9(12(17)18)11(10)15-13(8-16)6-1-2-7-13/h3-5,15-16H,1-2,6-8H2,(H,17,18). The van der Waals surface area contributed by atoms with Crippen molar-refractivity contribution in [3.63, 3.8) is 0 Å². The summed E-state index contributed by atoms with van der Waals surface area (Å²) in [4.78, 5) is 11.1. The van der Waals surface area contributed by atoms with Gasteiger partial charge in [-0.3, -0.25) is 0 Å². The Labute approximate surface area is 104 Å². The summed E-state index contributed by atoms with van der Waals surface area (Å²) in [6, 6.07) is 3.94. The number of carbonyl (C=O) groups is 1. The Morgan fingerprint density at radius 3 is 2.61 bits per heavy atom. The van der Waals surface area contributed by atoms with E-state index in [0.29, 0.717) is 0 Å². The van der Waals surface area contributed by atoms with Gasteiger partial charge < -0.3 is 15.5 Å². The number of hydrogen-bond donors (Lipinski definition) is 3. The van der Waals surface area contributed by atoms with E-state index in [2.05, 4.69) is 5.32 Å². The predicted octanol–water partition coefficient (Wildman–Crippen LogP) is 2.24. The van der Waals surface area contributed by atoms with Crippen LogP contribution in [0.2, 0.25) is 0 Å². The van der Waals surface area contributed by atoms with E-state index >= 15 is 0 Å². The van der Waals surface area contributed by atoms with Crippen LogP contribution in [0.4, 0.5) is 10.1 Å². The molecular formula is C13H16FNO3. The number of benzene rings is 1. The zero-order chi connectivity index (χ0) is 13.2. The minimum absolute atomic E-state index is 0.0269. The lowest BCUT2D eigenvalue weighted by Gasteiger charge is -2.30. The van der Waals surface area contributed by atoms with Crippen LogP contribution < -0.4 is 5.32 Å². The Kier molecular flexibility index (Phi) is 3.52. The van der Waals surface area contributed by atoms with Crippen LogP contribution in [0.25, 0.3) is 0 Å². The maximum atomic E-state index is 13.8. The number of nitrogens with one attached hydrogen (secondary N) is 1. The summed E-state index contributed by atoms with van der Waals surface area (Å²) in [7, 11) is 0. The highest BCUT2D eigenvalue weighted by atomic mass is 19.1. The molecule has 0 unspecified atom stereocenters. The van der Waals surface area contributed by atoms with Crippen LogP contribution in [0.5, 0.6) is 0 Å². The van der Waals surface area contributed by atoms with Crippen LogP contribution in [0.3, 0.4) is 0 Å². The van der Waals surface area contributed by atoms with Crippen LogP contribution in [0, 0.1) is 5.82 Å². The minimum atomic E-state index is -1.18. The van der Waals surface area contributed by atoms with Gasteiger partial charge in [0.25, 0.3) is 0 Å². The number of aliphatic hydroxyl groups excluding tert-OH is 1. The molecule has 1 saturated carbocycles. The average molecular weight is 253 g/mol. The SMILES string of the molecule is O=C(O)c1cccc(F)c1NC1(CO)CCCC1. The first-order chi connectivity index (χ1) is 8.58. The minimum Gasteiger partial charge on any atom is -0.478 e. The Hall–Kier alpha value is -1.62. The molecule has 0 heterocycles. The number of halogens is 1. The molecule has 3 N–H and O–H groups in total. The molecule has 5 heteroatoms. The lowest BCUT2D eigenvalue weighted by atomic mass is 9.97. The first kappa shape index (κ1) is 12.8. The molecule has 0 aromatic heterocycles. The Bertz CT molecular complexity index is 456. The first-order valence-corrected chi connectivity index (χ1v) is 5.99. The second-order valence-corrected chi connectivity index (χ2v) is 4.74. The van der Waals surface area contributed by atoms with E-state index < -0.39 is 17.3 Å². The van der Waals surface area contributed by atoms with Crippen molar-refractivity contribution >= 4 is 11.7 Å². The van der Waals surface area contributed by atoms with Gasteiger partial charge in [0.15, 0.2) is 0 Å². The lowest BCUT2D eigenvalue weighted by molar-refractivity contribution is 0.0697. The van der Waals surface area contributed by atoms with Gasteiger partial charge in [0.2, 0.25) is 0 Å².